The number of esters is 1. The Morgan fingerprint density at radius 2 is 1.89 bits per heavy atom. The quantitative estimate of drug-likeness (QED) is 0.715. The maximum absolute atomic E-state index is 12.3. The Morgan fingerprint density at radius 3 is 2.37 bits per heavy atom. The second kappa shape index (κ2) is 7.06. The van der Waals surface area contributed by atoms with Crippen molar-refractivity contribution in [1.82, 2.24) is 0 Å². The molecule has 1 aliphatic rings. The number of hydrogen-bond acceptors (Lipinski definition) is 3. The van der Waals surface area contributed by atoms with Crippen LogP contribution in [-0.4, -0.2) is 17.9 Å². The lowest BCUT2D eigenvalue weighted by Crippen LogP contribution is -2.41. The monoisotopic (exact) mass is 268 g/mol. The number of ketones is 1. The van der Waals surface area contributed by atoms with Gasteiger partial charge in [0, 0.05) is 19.3 Å². The number of rotatable bonds is 5. The average molecular weight is 268 g/mol. The van der Waals surface area contributed by atoms with Gasteiger partial charge in [-0.05, 0) is 37.0 Å². The van der Waals surface area contributed by atoms with Crippen LogP contribution < -0.4 is 0 Å². The molecule has 0 saturated heterocycles. The van der Waals surface area contributed by atoms with Gasteiger partial charge >= 0.3 is 5.97 Å². The zero-order valence-electron chi connectivity index (χ0n) is 12.9. The van der Waals surface area contributed by atoms with Crippen LogP contribution in [0.2, 0.25) is 0 Å². The number of carbonyl (C=O) groups is 2. The third-order valence-corrected chi connectivity index (χ3v) is 4.37. The topological polar surface area (TPSA) is 43.4 Å². The van der Waals surface area contributed by atoms with Gasteiger partial charge in [-0.25, -0.2) is 0 Å². The maximum Gasteiger partial charge on any atom is 0.302 e. The van der Waals surface area contributed by atoms with Gasteiger partial charge in [0.2, 0.25) is 0 Å². The highest BCUT2D eigenvalue weighted by Gasteiger charge is 2.40. The minimum absolute atomic E-state index is 0.0699. The van der Waals surface area contributed by atoms with Gasteiger partial charge in [0.05, 0.1) is 0 Å². The molecular formula is C16H28O3. The van der Waals surface area contributed by atoms with E-state index in [4.69, 9.17) is 4.74 Å². The molecule has 1 rings (SSSR count). The van der Waals surface area contributed by atoms with Gasteiger partial charge in [-0.2, -0.15) is 0 Å². The normalized spacial score (nSPS) is 31.3. The van der Waals surface area contributed by atoms with Crippen molar-refractivity contribution in [3.63, 3.8) is 0 Å². The van der Waals surface area contributed by atoms with Crippen LogP contribution in [-0.2, 0) is 14.3 Å². The van der Waals surface area contributed by atoms with E-state index in [9.17, 15) is 9.59 Å². The number of hydrogen-bond donors (Lipinski definition) is 0. The highest BCUT2D eigenvalue weighted by molar-refractivity contribution is 5.81. The van der Waals surface area contributed by atoms with E-state index in [0.29, 0.717) is 36.4 Å². The van der Waals surface area contributed by atoms with E-state index in [-0.39, 0.29) is 18.0 Å². The molecule has 1 aliphatic carbocycles. The molecule has 1 saturated carbocycles. The van der Waals surface area contributed by atoms with Gasteiger partial charge in [0.25, 0.3) is 0 Å². The molecule has 0 heterocycles. The van der Waals surface area contributed by atoms with Crippen LogP contribution in [0.25, 0.3) is 0 Å². The molecule has 0 bridgehead atoms. The minimum Gasteiger partial charge on any atom is -0.462 e. The zero-order chi connectivity index (χ0) is 14.6. The molecule has 0 aliphatic heterocycles. The molecule has 0 aromatic rings. The fourth-order valence-electron chi connectivity index (χ4n) is 3.32. The Kier molecular flexibility index (Phi) is 6.02. The van der Waals surface area contributed by atoms with E-state index in [1.165, 1.54) is 6.92 Å². The molecule has 110 valence electrons. The highest BCUT2D eigenvalue weighted by Crippen LogP contribution is 2.40. The molecule has 4 atom stereocenters. The molecule has 0 radical (unpaired) electrons. The zero-order valence-corrected chi connectivity index (χ0v) is 12.9. The number of ether oxygens (including phenoxy) is 1. The second-order valence-corrected chi connectivity index (χ2v) is 6.33. The summed E-state index contributed by atoms with van der Waals surface area (Å²) in [5.74, 6) is 1.47. The third-order valence-electron chi connectivity index (χ3n) is 4.37. The van der Waals surface area contributed by atoms with Gasteiger partial charge in [-0.15, -0.1) is 0 Å². The summed E-state index contributed by atoms with van der Waals surface area (Å²) < 4.78 is 5.40. The summed E-state index contributed by atoms with van der Waals surface area (Å²) >= 11 is 0. The molecule has 0 amide bonds. The van der Waals surface area contributed by atoms with E-state index in [1.807, 2.05) is 6.92 Å². The van der Waals surface area contributed by atoms with Crippen molar-refractivity contribution in [2.75, 3.05) is 0 Å². The number of Topliss-reactive ketones (excluding diaryl/α,β-unsaturated/α-hetero) is 1. The van der Waals surface area contributed by atoms with Crippen molar-refractivity contribution in [3.8, 4) is 0 Å². The molecule has 0 aromatic carbocycles. The molecule has 19 heavy (non-hydrogen) atoms. The van der Waals surface area contributed by atoms with Gasteiger partial charge in [0.1, 0.15) is 11.9 Å². The Bertz CT molecular complexity index is 322. The second-order valence-electron chi connectivity index (χ2n) is 6.33. The van der Waals surface area contributed by atoms with E-state index < -0.39 is 0 Å². The van der Waals surface area contributed by atoms with Crippen LogP contribution in [0.4, 0.5) is 0 Å². The lowest BCUT2D eigenvalue weighted by Gasteiger charge is -2.40. The van der Waals surface area contributed by atoms with E-state index in [2.05, 4.69) is 20.8 Å². The van der Waals surface area contributed by atoms with Crippen LogP contribution in [0, 0.1) is 23.7 Å². The van der Waals surface area contributed by atoms with Crippen LogP contribution in [0.3, 0.4) is 0 Å². The summed E-state index contributed by atoms with van der Waals surface area (Å²) in [5.41, 5.74) is 0. The SMILES string of the molecule is CCCC(=O)C1CC(OC(C)=O)C(C)CC1C(C)C. The van der Waals surface area contributed by atoms with Crippen LogP contribution in [0.15, 0.2) is 0 Å². The summed E-state index contributed by atoms with van der Waals surface area (Å²) in [7, 11) is 0. The average Bonchev–Trinajstić information content (AvgIpc) is 2.30. The summed E-state index contributed by atoms with van der Waals surface area (Å²) in [5, 5.41) is 0. The lowest BCUT2D eigenvalue weighted by molar-refractivity contribution is -0.155. The summed E-state index contributed by atoms with van der Waals surface area (Å²) in [6.07, 6.45) is 3.15. The van der Waals surface area contributed by atoms with Crippen molar-refractivity contribution >= 4 is 11.8 Å². The Balaban J connectivity index is 2.81. The summed E-state index contributed by atoms with van der Waals surface area (Å²) in [6.45, 7) is 10.00. The van der Waals surface area contributed by atoms with Gasteiger partial charge in [-0.3, -0.25) is 9.59 Å². The highest BCUT2D eigenvalue weighted by atomic mass is 16.5. The van der Waals surface area contributed by atoms with Crippen molar-refractivity contribution in [3.05, 3.63) is 0 Å². The van der Waals surface area contributed by atoms with Crippen LogP contribution in [0.1, 0.15) is 60.3 Å². The Labute approximate surface area is 117 Å². The van der Waals surface area contributed by atoms with Crippen molar-refractivity contribution in [2.45, 2.75) is 66.4 Å². The maximum atomic E-state index is 12.3. The predicted octanol–water partition coefficient (Wildman–Crippen LogP) is 3.61. The van der Waals surface area contributed by atoms with E-state index in [1.54, 1.807) is 0 Å². The van der Waals surface area contributed by atoms with Gasteiger partial charge in [0.15, 0.2) is 0 Å². The smallest absolute Gasteiger partial charge is 0.302 e. The third kappa shape index (κ3) is 4.32. The van der Waals surface area contributed by atoms with Crippen molar-refractivity contribution in [1.29, 1.82) is 0 Å². The first-order chi connectivity index (χ1) is 8.86. The van der Waals surface area contributed by atoms with Crippen molar-refractivity contribution in [2.24, 2.45) is 23.7 Å². The largest absolute Gasteiger partial charge is 0.462 e. The molecule has 1 fully saturated rings. The van der Waals surface area contributed by atoms with Gasteiger partial charge in [-0.1, -0.05) is 27.7 Å². The number of carbonyl (C=O) groups excluding carboxylic acids is 2. The first kappa shape index (κ1) is 16.2. The summed E-state index contributed by atoms with van der Waals surface area (Å²) in [6, 6.07) is 0. The lowest BCUT2D eigenvalue weighted by atomic mass is 9.67. The first-order valence-electron chi connectivity index (χ1n) is 7.56. The Morgan fingerprint density at radius 1 is 1.26 bits per heavy atom. The van der Waals surface area contributed by atoms with Crippen molar-refractivity contribution < 1.29 is 14.3 Å². The fraction of sp³-hybridized carbons (Fsp3) is 0.875. The molecular weight excluding hydrogens is 240 g/mol. The molecule has 0 N–H and O–H groups in total. The molecule has 0 aromatic heterocycles. The molecule has 0 spiro atoms. The van der Waals surface area contributed by atoms with E-state index in [0.717, 1.165) is 12.8 Å². The van der Waals surface area contributed by atoms with Gasteiger partial charge < -0.3 is 4.74 Å². The first-order valence-corrected chi connectivity index (χ1v) is 7.56. The van der Waals surface area contributed by atoms with E-state index >= 15 is 0 Å². The molecule has 3 heteroatoms. The molecule has 3 nitrogen and oxygen atoms in total. The fourth-order valence-corrected chi connectivity index (χ4v) is 3.32. The predicted molar refractivity (Wildman–Crippen MR) is 75.7 cm³/mol. The minimum atomic E-state index is -0.235. The molecule has 4 unspecified atom stereocenters. The standard InChI is InChI=1S/C16H28O3/c1-6-7-15(18)14-9-16(19-12(5)17)11(4)8-13(14)10(2)3/h10-11,13-14,16H,6-9H2,1-5H3. The van der Waals surface area contributed by atoms with Crippen LogP contribution >= 0.6 is 0 Å². The Hall–Kier alpha value is -0.860. The van der Waals surface area contributed by atoms with Crippen LogP contribution in [0.5, 0.6) is 0 Å². The summed E-state index contributed by atoms with van der Waals surface area (Å²) in [4.78, 5) is 23.5.